The van der Waals surface area contributed by atoms with Crippen LogP contribution in [-0.4, -0.2) is 14.5 Å². The molecule has 0 spiro atoms. The maximum Gasteiger partial charge on any atom is 0.240 e. The summed E-state index contributed by atoms with van der Waals surface area (Å²) in [5.74, 6) is 0.243. The Hall–Kier alpha value is -1.07. The summed E-state index contributed by atoms with van der Waals surface area (Å²) in [6, 6.07) is 4.66. The zero-order chi connectivity index (χ0) is 13.2. The second-order valence-electron chi connectivity index (χ2n) is 4.67. The molecule has 0 aliphatic rings. The Morgan fingerprint density at radius 3 is 2.29 bits per heavy atom. The van der Waals surface area contributed by atoms with Crippen LogP contribution >= 0.6 is 0 Å². The standard InChI is InChI=1S/C12H20N2O2S/c1-8(2)10(4)14-17(15,16)11-6-5-9(3)12(13)7-11/h5-8,10,14H,13H2,1-4H3. The van der Waals surface area contributed by atoms with Gasteiger partial charge in [0.05, 0.1) is 4.90 Å². The monoisotopic (exact) mass is 256 g/mol. The molecule has 0 fully saturated rings. The molecule has 0 radical (unpaired) electrons. The molecular formula is C12H20N2O2S. The Morgan fingerprint density at radius 2 is 1.82 bits per heavy atom. The number of aryl methyl sites for hydroxylation is 1. The topological polar surface area (TPSA) is 72.2 Å². The van der Waals surface area contributed by atoms with Crippen molar-refractivity contribution in [1.82, 2.24) is 4.72 Å². The second-order valence-corrected chi connectivity index (χ2v) is 6.39. The van der Waals surface area contributed by atoms with Gasteiger partial charge in [-0.25, -0.2) is 13.1 Å². The van der Waals surface area contributed by atoms with Crippen molar-refractivity contribution in [2.75, 3.05) is 5.73 Å². The van der Waals surface area contributed by atoms with Crippen molar-refractivity contribution in [3.63, 3.8) is 0 Å². The maximum absolute atomic E-state index is 12.0. The lowest BCUT2D eigenvalue weighted by atomic mass is 10.1. The molecule has 1 unspecified atom stereocenters. The molecule has 0 saturated heterocycles. The molecule has 0 amide bonds. The Bertz CT molecular complexity index is 495. The van der Waals surface area contributed by atoms with E-state index < -0.39 is 10.0 Å². The first-order valence-corrected chi connectivity index (χ1v) is 7.11. The van der Waals surface area contributed by atoms with Crippen LogP contribution in [0.15, 0.2) is 23.1 Å². The molecular weight excluding hydrogens is 236 g/mol. The smallest absolute Gasteiger partial charge is 0.240 e. The van der Waals surface area contributed by atoms with Gasteiger partial charge < -0.3 is 5.73 Å². The minimum atomic E-state index is -3.47. The highest BCUT2D eigenvalue weighted by atomic mass is 32.2. The highest BCUT2D eigenvalue weighted by Gasteiger charge is 2.19. The van der Waals surface area contributed by atoms with Crippen molar-refractivity contribution in [3.05, 3.63) is 23.8 Å². The Balaban J connectivity index is 3.01. The Labute approximate surface area is 103 Å². The predicted octanol–water partition coefficient (Wildman–Crippen LogP) is 1.90. The minimum Gasteiger partial charge on any atom is -0.398 e. The fourth-order valence-corrected chi connectivity index (χ4v) is 2.66. The van der Waals surface area contributed by atoms with Crippen LogP contribution in [-0.2, 0) is 10.0 Å². The number of nitrogens with two attached hydrogens (primary N) is 1. The van der Waals surface area contributed by atoms with Crippen LogP contribution in [0.4, 0.5) is 5.69 Å². The van der Waals surface area contributed by atoms with Gasteiger partial charge in [0.2, 0.25) is 10.0 Å². The van der Waals surface area contributed by atoms with E-state index in [2.05, 4.69) is 4.72 Å². The van der Waals surface area contributed by atoms with E-state index in [1.54, 1.807) is 12.1 Å². The molecule has 96 valence electrons. The zero-order valence-electron chi connectivity index (χ0n) is 10.7. The summed E-state index contributed by atoms with van der Waals surface area (Å²) in [6.45, 7) is 7.63. The van der Waals surface area contributed by atoms with Crippen molar-refractivity contribution < 1.29 is 8.42 Å². The number of benzene rings is 1. The number of nitrogen functional groups attached to an aromatic ring is 1. The van der Waals surface area contributed by atoms with Crippen molar-refractivity contribution in [1.29, 1.82) is 0 Å². The number of sulfonamides is 1. The van der Waals surface area contributed by atoms with Gasteiger partial charge in [-0.3, -0.25) is 0 Å². The molecule has 4 nitrogen and oxygen atoms in total. The van der Waals surface area contributed by atoms with Crippen LogP contribution in [0.5, 0.6) is 0 Å². The van der Waals surface area contributed by atoms with Gasteiger partial charge in [0.25, 0.3) is 0 Å². The first kappa shape index (κ1) is 14.0. The van der Waals surface area contributed by atoms with Crippen molar-refractivity contribution in [3.8, 4) is 0 Å². The number of rotatable bonds is 4. The summed E-state index contributed by atoms with van der Waals surface area (Å²) in [5, 5.41) is 0. The van der Waals surface area contributed by atoms with E-state index in [-0.39, 0.29) is 16.9 Å². The van der Waals surface area contributed by atoms with E-state index in [4.69, 9.17) is 5.73 Å². The molecule has 0 aliphatic heterocycles. The van der Waals surface area contributed by atoms with Gasteiger partial charge in [0.15, 0.2) is 0 Å². The molecule has 1 rings (SSSR count). The highest BCUT2D eigenvalue weighted by molar-refractivity contribution is 7.89. The van der Waals surface area contributed by atoms with Gasteiger partial charge in [-0.15, -0.1) is 0 Å². The van der Waals surface area contributed by atoms with Crippen LogP contribution in [0.3, 0.4) is 0 Å². The molecule has 0 saturated carbocycles. The van der Waals surface area contributed by atoms with Gasteiger partial charge >= 0.3 is 0 Å². The lowest BCUT2D eigenvalue weighted by Crippen LogP contribution is -2.36. The molecule has 1 aromatic carbocycles. The van der Waals surface area contributed by atoms with E-state index in [1.807, 2.05) is 27.7 Å². The van der Waals surface area contributed by atoms with E-state index in [0.29, 0.717) is 5.69 Å². The molecule has 1 aromatic rings. The number of nitrogens with one attached hydrogen (secondary N) is 1. The third kappa shape index (κ3) is 3.44. The van der Waals surface area contributed by atoms with Crippen LogP contribution in [0.25, 0.3) is 0 Å². The molecule has 0 heterocycles. The molecule has 1 atom stereocenters. The highest BCUT2D eigenvalue weighted by Crippen LogP contribution is 2.18. The Kier molecular flexibility index (Phi) is 4.16. The van der Waals surface area contributed by atoms with Crippen LogP contribution in [0.2, 0.25) is 0 Å². The molecule has 0 bridgehead atoms. The Morgan fingerprint density at radius 1 is 1.24 bits per heavy atom. The molecule has 0 aromatic heterocycles. The van der Waals surface area contributed by atoms with Crippen LogP contribution < -0.4 is 10.5 Å². The number of hydrogen-bond donors (Lipinski definition) is 2. The summed E-state index contributed by atoms with van der Waals surface area (Å²) in [7, 11) is -3.47. The lowest BCUT2D eigenvalue weighted by Gasteiger charge is -2.17. The van der Waals surface area contributed by atoms with Gasteiger partial charge in [0, 0.05) is 11.7 Å². The average molecular weight is 256 g/mol. The largest absolute Gasteiger partial charge is 0.398 e. The van der Waals surface area contributed by atoms with Gasteiger partial charge in [-0.2, -0.15) is 0 Å². The minimum absolute atomic E-state index is 0.109. The first-order chi connectivity index (χ1) is 7.74. The summed E-state index contributed by atoms with van der Waals surface area (Å²) in [5.41, 5.74) is 7.08. The predicted molar refractivity (Wildman–Crippen MR) is 70.2 cm³/mol. The number of hydrogen-bond acceptors (Lipinski definition) is 3. The quantitative estimate of drug-likeness (QED) is 0.808. The van der Waals surface area contributed by atoms with Crippen molar-refractivity contribution in [2.45, 2.75) is 38.6 Å². The van der Waals surface area contributed by atoms with Gasteiger partial charge in [-0.05, 0) is 37.5 Å². The fraction of sp³-hybridized carbons (Fsp3) is 0.500. The average Bonchev–Trinajstić information content (AvgIpc) is 2.21. The van der Waals surface area contributed by atoms with Gasteiger partial charge in [0.1, 0.15) is 0 Å². The van der Waals surface area contributed by atoms with E-state index in [0.717, 1.165) is 5.56 Å². The van der Waals surface area contributed by atoms with Crippen molar-refractivity contribution in [2.24, 2.45) is 5.92 Å². The summed E-state index contributed by atoms with van der Waals surface area (Å²) in [4.78, 5) is 0.216. The van der Waals surface area contributed by atoms with E-state index >= 15 is 0 Å². The zero-order valence-corrected chi connectivity index (χ0v) is 11.5. The maximum atomic E-state index is 12.0. The molecule has 3 N–H and O–H groups in total. The summed E-state index contributed by atoms with van der Waals surface area (Å²) in [6.07, 6.45) is 0. The normalized spacial score (nSPS) is 13.9. The third-order valence-corrected chi connectivity index (χ3v) is 4.46. The second kappa shape index (κ2) is 5.06. The summed E-state index contributed by atoms with van der Waals surface area (Å²) < 4.78 is 26.7. The molecule has 0 aliphatic carbocycles. The van der Waals surface area contributed by atoms with Crippen LogP contribution in [0, 0.1) is 12.8 Å². The SMILES string of the molecule is Cc1ccc(S(=O)(=O)NC(C)C(C)C)cc1N. The summed E-state index contributed by atoms with van der Waals surface area (Å²) >= 11 is 0. The third-order valence-electron chi connectivity index (χ3n) is 2.90. The fourth-order valence-electron chi connectivity index (χ4n) is 1.23. The number of anilines is 1. The van der Waals surface area contributed by atoms with Crippen LogP contribution in [0.1, 0.15) is 26.3 Å². The molecule has 5 heteroatoms. The van der Waals surface area contributed by atoms with Gasteiger partial charge in [-0.1, -0.05) is 19.9 Å². The van der Waals surface area contributed by atoms with Crippen molar-refractivity contribution >= 4 is 15.7 Å². The lowest BCUT2D eigenvalue weighted by molar-refractivity contribution is 0.476. The first-order valence-electron chi connectivity index (χ1n) is 5.62. The molecule has 17 heavy (non-hydrogen) atoms. The van der Waals surface area contributed by atoms with E-state index in [1.165, 1.54) is 6.07 Å². The van der Waals surface area contributed by atoms with E-state index in [9.17, 15) is 8.42 Å².